The summed E-state index contributed by atoms with van der Waals surface area (Å²) in [5.41, 5.74) is 0.243. The first kappa shape index (κ1) is 9.93. The molecule has 0 aromatic heterocycles. The first-order valence-corrected chi connectivity index (χ1v) is 5.26. The van der Waals surface area contributed by atoms with Gasteiger partial charge in [-0.2, -0.15) is 0 Å². The molecule has 0 aromatic rings. The molecular weight excluding hydrogens is 182 g/mol. The lowest BCUT2D eigenvalue weighted by Gasteiger charge is -2.42. The second-order valence-corrected chi connectivity index (χ2v) is 4.41. The third-order valence-corrected chi connectivity index (χ3v) is 3.53. The van der Waals surface area contributed by atoms with Gasteiger partial charge in [0.05, 0.1) is 0 Å². The molecular formula is C10H17NO3. The zero-order valence-corrected chi connectivity index (χ0v) is 8.29. The summed E-state index contributed by atoms with van der Waals surface area (Å²) < 4.78 is 5.32. The highest BCUT2D eigenvalue weighted by Crippen LogP contribution is 2.40. The van der Waals surface area contributed by atoms with Gasteiger partial charge in [0, 0.05) is 13.2 Å². The van der Waals surface area contributed by atoms with Crippen molar-refractivity contribution in [2.45, 2.75) is 31.7 Å². The van der Waals surface area contributed by atoms with Crippen molar-refractivity contribution in [1.29, 1.82) is 0 Å². The predicted molar refractivity (Wildman–Crippen MR) is 51.1 cm³/mol. The van der Waals surface area contributed by atoms with Crippen LogP contribution in [0.25, 0.3) is 0 Å². The van der Waals surface area contributed by atoms with Gasteiger partial charge in [-0.3, -0.25) is 4.79 Å². The summed E-state index contributed by atoms with van der Waals surface area (Å²) in [6.45, 7) is 2.43. The minimum Gasteiger partial charge on any atom is -0.480 e. The van der Waals surface area contributed by atoms with E-state index >= 15 is 0 Å². The van der Waals surface area contributed by atoms with Gasteiger partial charge in [-0.1, -0.05) is 0 Å². The average molecular weight is 199 g/mol. The van der Waals surface area contributed by atoms with Gasteiger partial charge < -0.3 is 15.2 Å². The highest BCUT2D eigenvalue weighted by molar-refractivity contribution is 5.73. The van der Waals surface area contributed by atoms with Gasteiger partial charge >= 0.3 is 5.97 Å². The van der Waals surface area contributed by atoms with Crippen LogP contribution in [0.15, 0.2) is 0 Å². The molecule has 1 spiro atoms. The lowest BCUT2D eigenvalue weighted by Crippen LogP contribution is -2.49. The molecule has 4 heteroatoms. The number of hydrogen-bond donors (Lipinski definition) is 2. The SMILES string of the molecule is O=C(O)C1CC2(CCN1)CCOCC2. The van der Waals surface area contributed by atoms with Gasteiger partial charge in [-0.05, 0) is 37.6 Å². The molecule has 2 saturated heterocycles. The van der Waals surface area contributed by atoms with Crippen molar-refractivity contribution in [1.82, 2.24) is 5.32 Å². The molecule has 4 nitrogen and oxygen atoms in total. The Morgan fingerprint density at radius 2 is 2.07 bits per heavy atom. The van der Waals surface area contributed by atoms with E-state index in [0.717, 1.165) is 45.4 Å². The maximum atomic E-state index is 10.9. The zero-order chi connectivity index (χ0) is 10.0. The Morgan fingerprint density at radius 1 is 1.36 bits per heavy atom. The molecule has 0 amide bonds. The second-order valence-electron chi connectivity index (χ2n) is 4.41. The topological polar surface area (TPSA) is 58.6 Å². The van der Waals surface area contributed by atoms with Crippen molar-refractivity contribution in [2.24, 2.45) is 5.41 Å². The summed E-state index contributed by atoms with van der Waals surface area (Å²) in [4.78, 5) is 10.9. The minimum atomic E-state index is -0.712. The number of piperidine rings is 1. The van der Waals surface area contributed by atoms with E-state index in [0.29, 0.717) is 0 Å². The fraction of sp³-hybridized carbons (Fsp3) is 0.900. The van der Waals surface area contributed by atoms with E-state index < -0.39 is 5.97 Å². The predicted octanol–water partition coefficient (Wildman–Crippen LogP) is 0.620. The van der Waals surface area contributed by atoms with Crippen LogP contribution in [0, 0.1) is 5.41 Å². The van der Waals surface area contributed by atoms with E-state index in [1.165, 1.54) is 0 Å². The zero-order valence-electron chi connectivity index (χ0n) is 8.29. The first-order valence-electron chi connectivity index (χ1n) is 5.26. The molecule has 2 aliphatic heterocycles. The third kappa shape index (κ3) is 1.91. The normalized spacial score (nSPS) is 31.6. The van der Waals surface area contributed by atoms with Gasteiger partial charge in [-0.25, -0.2) is 0 Å². The molecule has 80 valence electrons. The van der Waals surface area contributed by atoms with Crippen LogP contribution < -0.4 is 5.32 Å². The molecule has 0 saturated carbocycles. The van der Waals surface area contributed by atoms with Crippen molar-refractivity contribution in [2.75, 3.05) is 19.8 Å². The Morgan fingerprint density at radius 3 is 2.71 bits per heavy atom. The van der Waals surface area contributed by atoms with Crippen molar-refractivity contribution in [3.05, 3.63) is 0 Å². The van der Waals surface area contributed by atoms with Gasteiger partial charge in [-0.15, -0.1) is 0 Å². The largest absolute Gasteiger partial charge is 0.480 e. The van der Waals surface area contributed by atoms with Crippen LogP contribution >= 0.6 is 0 Å². The van der Waals surface area contributed by atoms with Crippen LogP contribution in [0.1, 0.15) is 25.7 Å². The van der Waals surface area contributed by atoms with Crippen LogP contribution in [0.2, 0.25) is 0 Å². The number of carboxylic acid groups (broad SMARTS) is 1. The maximum Gasteiger partial charge on any atom is 0.320 e. The lowest BCUT2D eigenvalue weighted by atomic mass is 9.71. The highest BCUT2D eigenvalue weighted by Gasteiger charge is 2.39. The fourth-order valence-electron chi connectivity index (χ4n) is 2.55. The first-order chi connectivity index (χ1) is 6.72. The summed E-state index contributed by atoms with van der Waals surface area (Å²) in [6, 6.07) is -0.346. The number of hydrogen-bond acceptors (Lipinski definition) is 3. The van der Waals surface area contributed by atoms with Gasteiger partial charge in [0.2, 0.25) is 0 Å². The van der Waals surface area contributed by atoms with E-state index in [4.69, 9.17) is 9.84 Å². The monoisotopic (exact) mass is 199 g/mol. The Bertz CT molecular complexity index is 218. The summed E-state index contributed by atoms with van der Waals surface area (Å²) in [7, 11) is 0. The summed E-state index contributed by atoms with van der Waals surface area (Å²) >= 11 is 0. The van der Waals surface area contributed by atoms with Crippen LogP contribution in [-0.2, 0) is 9.53 Å². The summed E-state index contributed by atoms with van der Waals surface area (Å²) in [5, 5.41) is 12.0. The molecule has 2 rings (SSSR count). The van der Waals surface area contributed by atoms with Crippen LogP contribution in [0.3, 0.4) is 0 Å². The smallest absolute Gasteiger partial charge is 0.320 e. The van der Waals surface area contributed by atoms with Crippen molar-refractivity contribution >= 4 is 5.97 Å². The molecule has 14 heavy (non-hydrogen) atoms. The van der Waals surface area contributed by atoms with Crippen molar-refractivity contribution < 1.29 is 14.6 Å². The van der Waals surface area contributed by atoms with Gasteiger partial charge in [0.15, 0.2) is 0 Å². The standard InChI is InChI=1S/C10H17NO3/c12-9(13)8-7-10(1-4-11-8)2-5-14-6-3-10/h8,11H,1-7H2,(H,12,13). The van der Waals surface area contributed by atoms with Gasteiger partial charge in [0.25, 0.3) is 0 Å². The van der Waals surface area contributed by atoms with Crippen LogP contribution in [0.4, 0.5) is 0 Å². The molecule has 0 bridgehead atoms. The molecule has 1 unspecified atom stereocenters. The van der Waals surface area contributed by atoms with Crippen LogP contribution in [0.5, 0.6) is 0 Å². The quantitative estimate of drug-likeness (QED) is 0.650. The molecule has 0 aromatic carbocycles. The number of rotatable bonds is 1. The number of ether oxygens (including phenoxy) is 1. The average Bonchev–Trinajstić information content (AvgIpc) is 2.19. The van der Waals surface area contributed by atoms with Crippen LogP contribution in [-0.4, -0.2) is 36.9 Å². The molecule has 1 atom stereocenters. The summed E-state index contributed by atoms with van der Waals surface area (Å²) in [5.74, 6) is -0.712. The van der Waals surface area contributed by atoms with E-state index in [1.807, 2.05) is 0 Å². The maximum absolute atomic E-state index is 10.9. The lowest BCUT2D eigenvalue weighted by molar-refractivity contribution is -0.142. The fourth-order valence-corrected chi connectivity index (χ4v) is 2.55. The number of carbonyl (C=O) groups is 1. The van der Waals surface area contributed by atoms with Gasteiger partial charge in [0.1, 0.15) is 6.04 Å². The molecule has 0 radical (unpaired) electrons. The van der Waals surface area contributed by atoms with Crippen molar-refractivity contribution in [3.8, 4) is 0 Å². The second kappa shape index (κ2) is 3.87. The molecule has 2 fully saturated rings. The Balaban J connectivity index is 2.01. The Kier molecular flexibility index (Phi) is 2.74. The van der Waals surface area contributed by atoms with E-state index in [-0.39, 0.29) is 11.5 Å². The number of carboxylic acids is 1. The molecule has 2 N–H and O–H groups in total. The molecule has 2 aliphatic rings. The minimum absolute atomic E-state index is 0.243. The molecule has 0 aliphatic carbocycles. The van der Waals surface area contributed by atoms with E-state index in [9.17, 15) is 4.79 Å². The Labute approximate surface area is 83.6 Å². The highest BCUT2D eigenvalue weighted by atomic mass is 16.5. The van der Waals surface area contributed by atoms with Crippen molar-refractivity contribution in [3.63, 3.8) is 0 Å². The number of nitrogens with one attached hydrogen (secondary N) is 1. The summed E-state index contributed by atoms with van der Waals surface area (Å²) in [6.07, 6.45) is 3.92. The van der Waals surface area contributed by atoms with E-state index in [1.54, 1.807) is 0 Å². The van der Waals surface area contributed by atoms with E-state index in [2.05, 4.69) is 5.32 Å². The molecule has 2 heterocycles. The third-order valence-electron chi connectivity index (χ3n) is 3.53. The number of aliphatic carboxylic acids is 1. The Hall–Kier alpha value is -0.610.